The molecule has 0 aliphatic rings. The molecule has 0 unspecified atom stereocenters. The number of aromatic nitrogens is 4. The number of benzene rings is 2. The predicted molar refractivity (Wildman–Crippen MR) is 111 cm³/mol. The van der Waals surface area contributed by atoms with Crippen LogP contribution in [-0.2, 0) is 5.75 Å². The van der Waals surface area contributed by atoms with Crippen LogP contribution in [-0.4, -0.2) is 19.4 Å². The Bertz CT molecular complexity index is 1200. The topological polar surface area (TPSA) is 46.0 Å². The van der Waals surface area contributed by atoms with Crippen LogP contribution in [0.25, 0.3) is 27.9 Å². The highest BCUT2D eigenvalue weighted by atomic mass is 32.2. The van der Waals surface area contributed by atoms with Crippen molar-refractivity contribution in [3.05, 3.63) is 84.2 Å². The molecule has 2 aromatic carbocycles. The summed E-state index contributed by atoms with van der Waals surface area (Å²) in [5, 5.41) is 0.934. The molecule has 0 amide bonds. The molecule has 0 atom stereocenters. The Hall–Kier alpha value is -3.05. The summed E-state index contributed by atoms with van der Waals surface area (Å²) in [6.45, 7) is 2.10. The third-order valence-electron chi connectivity index (χ3n) is 4.70. The highest BCUT2D eigenvalue weighted by molar-refractivity contribution is 7.98. The molecular weight excluding hydrogens is 352 g/mol. The number of para-hydroxylation sites is 2. The quantitative estimate of drug-likeness (QED) is 0.426. The van der Waals surface area contributed by atoms with Gasteiger partial charge in [-0.2, -0.15) is 0 Å². The molecule has 0 fully saturated rings. The average molecular weight is 370 g/mol. The molecule has 1 N–H and O–H groups in total. The first kappa shape index (κ1) is 16.1. The zero-order valence-electron chi connectivity index (χ0n) is 14.9. The van der Waals surface area contributed by atoms with Crippen molar-refractivity contribution in [2.24, 2.45) is 0 Å². The fourth-order valence-electron chi connectivity index (χ4n) is 3.26. The normalized spacial score (nSPS) is 11.4. The van der Waals surface area contributed by atoms with E-state index in [0.717, 1.165) is 33.3 Å². The number of aryl methyl sites for hydroxylation is 1. The molecule has 0 aliphatic carbocycles. The van der Waals surface area contributed by atoms with Gasteiger partial charge in [0, 0.05) is 23.1 Å². The van der Waals surface area contributed by atoms with Crippen LogP contribution in [0.5, 0.6) is 0 Å². The minimum atomic E-state index is 0.814. The standard InChI is InChI=1S/C22H18N4S/c1-15-8-10-16(11-9-15)20-13-23-21-17(5-4-12-26(20)21)14-27-22-24-18-6-2-3-7-19(18)25-22/h2-13H,14H2,1H3,(H,24,25). The van der Waals surface area contributed by atoms with E-state index in [1.165, 1.54) is 16.7 Å². The van der Waals surface area contributed by atoms with Gasteiger partial charge in [0.25, 0.3) is 0 Å². The van der Waals surface area contributed by atoms with Gasteiger partial charge in [0.05, 0.1) is 22.9 Å². The summed E-state index contributed by atoms with van der Waals surface area (Å²) in [4.78, 5) is 12.7. The fourth-order valence-corrected chi connectivity index (χ4v) is 4.13. The minimum Gasteiger partial charge on any atom is -0.333 e. The summed E-state index contributed by atoms with van der Waals surface area (Å²) in [5.41, 5.74) is 7.81. The molecule has 0 spiro atoms. The van der Waals surface area contributed by atoms with Crippen LogP contribution < -0.4 is 0 Å². The van der Waals surface area contributed by atoms with Crippen molar-refractivity contribution in [2.45, 2.75) is 17.8 Å². The Labute approximate surface area is 161 Å². The van der Waals surface area contributed by atoms with Gasteiger partial charge in [0.1, 0.15) is 5.65 Å². The van der Waals surface area contributed by atoms with E-state index >= 15 is 0 Å². The van der Waals surface area contributed by atoms with E-state index in [0.29, 0.717) is 0 Å². The van der Waals surface area contributed by atoms with Crippen LogP contribution in [0.2, 0.25) is 0 Å². The largest absolute Gasteiger partial charge is 0.333 e. The second kappa shape index (κ2) is 6.59. The molecule has 3 heterocycles. The third kappa shape index (κ3) is 3.00. The molecular formula is C22H18N4S. The number of rotatable bonds is 4. The van der Waals surface area contributed by atoms with E-state index in [4.69, 9.17) is 4.98 Å². The first-order chi connectivity index (χ1) is 13.3. The van der Waals surface area contributed by atoms with Crippen molar-refractivity contribution in [1.29, 1.82) is 0 Å². The van der Waals surface area contributed by atoms with Crippen molar-refractivity contribution in [1.82, 2.24) is 19.4 Å². The van der Waals surface area contributed by atoms with E-state index in [-0.39, 0.29) is 0 Å². The molecule has 0 aliphatic heterocycles. The smallest absolute Gasteiger partial charge is 0.166 e. The average Bonchev–Trinajstić information content (AvgIpc) is 3.31. The van der Waals surface area contributed by atoms with Crippen LogP contribution in [0.4, 0.5) is 0 Å². The lowest BCUT2D eigenvalue weighted by molar-refractivity contribution is 1.08. The molecule has 3 aromatic heterocycles. The summed E-state index contributed by atoms with van der Waals surface area (Å²) >= 11 is 1.70. The van der Waals surface area contributed by atoms with Crippen LogP contribution in [0, 0.1) is 6.92 Å². The zero-order chi connectivity index (χ0) is 18.2. The molecule has 5 heteroatoms. The van der Waals surface area contributed by atoms with Gasteiger partial charge in [0.15, 0.2) is 5.16 Å². The first-order valence-electron chi connectivity index (χ1n) is 8.87. The van der Waals surface area contributed by atoms with Crippen molar-refractivity contribution in [3.8, 4) is 11.3 Å². The second-order valence-corrected chi connectivity index (χ2v) is 7.55. The maximum atomic E-state index is 4.69. The number of nitrogens with one attached hydrogen (secondary N) is 1. The van der Waals surface area contributed by atoms with E-state index in [9.17, 15) is 0 Å². The number of fused-ring (bicyclic) bond motifs is 2. The van der Waals surface area contributed by atoms with Crippen LogP contribution in [0.1, 0.15) is 11.1 Å². The van der Waals surface area contributed by atoms with Crippen molar-refractivity contribution < 1.29 is 0 Å². The van der Waals surface area contributed by atoms with Gasteiger partial charge in [-0.15, -0.1) is 0 Å². The van der Waals surface area contributed by atoms with Crippen molar-refractivity contribution >= 4 is 28.4 Å². The third-order valence-corrected chi connectivity index (χ3v) is 5.62. The van der Waals surface area contributed by atoms with Gasteiger partial charge < -0.3 is 4.98 Å². The van der Waals surface area contributed by atoms with Gasteiger partial charge in [0.2, 0.25) is 0 Å². The second-order valence-electron chi connectivity index (χ2n) is 6.58. The Morgan fingerprint density at radius 2 is 1.85 bits per heavy atom. The molecule has 0 saturated carbocycles. The lowest BCUT2D eigenvalue weighted by Gasteiger charge is -2.05. The monoisotopic (exact) mass is 370 g/mol. The number of imidazole rings is 2. The minimum absolute atomic E-state index is 0.814. The Morgan fingerprint density at radius 3 is 2.70 bits per heavy atom. The van der Waals surface area contributed by atoms with Crippen LogP contribution >= 0.6 is 11.8 Å². The van der Waals surface area contributed by atoms with Crippen LogP contribution in [0.15, 0.2) is 78.2 Å². The molecule has 0 saturated heterocycles. The number of H-pyrrole nitrogens is 1. The lowest BCUT2D eigenvalue weighted by Crippen LogP contribution is -1.93. The van der Waals surface area contributed by atoms with Crippen LogP contribution in [0.3, 0.4) is 0 Å². The predicted octanol–water partition coefficient (Wildman–Crippen LogP) is 5.48. The molecule has 27 heavy (non-hydrogen) atoms. The molecule has 5 rings (SSSR count). The molecule has 0 bridgehead atoms. The highest BCUT2D eigenvalue weighted by Gasteiger charge is 2.10. The van der Waals surface area contributed by atoms with E-state index in [2.05, 4.69) is 70.0 Å². The fraction of sp³-hybridized carbons (Fsp3) is 0.0909. The Balaban J connectivity index is 1.46. The summed E-state index contributed by atoms with van der Waals surface area (Å²) in [6.07, 6.45) is 4.03. The van der Waals surface area contributed by atoms with Gasteiger partial charge >= 0.3 is 0 Å². The summed E-state index contributed by atoms with van der Waals surface area (Å²) in [7, 11) is 0. The maximum absolute atomic E-state index is 4.69. The molecule has 0 radical (unpaired) electrons. The summed E-state index contributed by atoms with van der Waals surface area (Å²) in [5.74, 6) is 0.814. The number of pyridine rings is 1. The van der Waals surface area contributed by atoms with Gasteiger partial charge in [-0.25, -0.2) is 9.97 Å². The molecule has 132 valence electrons. The number of hydrogen-bond donors (Lipinski definition) is 1. The molecule has 4 nitrogen and oxygen atoms in total. The number of nitrogens with zero attached hydrogens (tertiary/aromatic N) is 3. The Kier molecular flexibility index (Phi) is 3.94. The SMILES string of the molecule is Cc1ccc(-c2cnc3c(CSc4nc5ccccc5[nH]4)cccn23)cc1. The van der Waals surface area contributed by atoms with Gasteiger partial charge in [-0.1, -0.05) is 59.8 Å². The maximum Gasteiger partial charge on any atom is 0.166 e. The van der Waals surface area contributed by atoms with Gasteiger partial charge in [-0.05, 0) is 25.1 Å². The number of hydrogen-bond acceptors (Lipinski definition) is 3. The van der Waals surface area contributed by atoms with E-state index in [1.54, 1.807) is 11.8 Å². The van der Waals surface area contributed by atoms with Crippen molar-refractivity contribution in [3.63, 3.8) is 0 Å². The van der Waals surface area contributed by atoms with Gasteiger partial charge in [-0.3, -0.25) is 4.40 Å². The highest BCUT2D eigenvalue weighted by Crippen LogP contribution is 2.27. The number of thioether (sulfide) groups is 1. The Morgan fingerprint density at radius 1 is 1.00 bits per heavy atom. The summed E-state index contributed by atoms with van der Waals surface area (Å²) < 4.78 is 2.17. The van der Waals surface area contributed by atoms with Crippen molar-refractivity contribution in [2.75, 3.05) is 0 Å². The first-order valence-corrected chi connectivity index (χ1v) is 9.86. The van der Waals surface area contributed by atoms with E-state index < -0.39 is 0 Å². The number of aromatic amines is 1. The zero-order valence-corrected chi connectivity index (χ0v) is 15.7. The van der Waals surface area contributed by atoms with E-state index in [1.807, 2.05) is 24.4 Å². The lowest BCUT2D eigenvalue weighted by atomic mass is 10.1. The summed E-state index contributed by atoms with van der Waals surface area (Å²) in [6, 6.07) is 20.9. The molecule has 5 aromatic rings.